The van der Waals surface area contributed by atoms with Gasteiger partial charge < -0.3 is 15.5 Å². The molecule has 0 aromatic rings. The van der Waals surface area contributed by atoms with E-state index in [2.05, 4.69) is 11.9 Å². The highest BCUT2D eigenvalue weighted by Crippen LogP contribution is 2.17. The molecule has 0 spiro atoms. The lowest BCUT2D eigenvalue weighted by atomic mass is 10.1. The second-order valence-electron chi connectivity index (χ2n) is 2.50. The predicted octanol–water partition coefficient (Wildman–Crippen LogP) is 0.904. The van der Waals surface area contributed by atoms with Gasteiger partial charge in [-0.2, -0.15) is 0 Å². The number of hydrogen-bond donors (Lipinski definition) is 3. The van der Waals surface area contributed by atoms with Gasteiger partial charge in [0, 0.05) is 5.70 Å². The number of aliphatic hydroxyl groups is 1. The Hall–Kier alpha value is -1.71. The smallest absolute Gasteiger partial charge is 0.339 e. The van der Waals surface area contributed by atoms with E-state index in [4.69, 9.17) is 5.11 Å². The number of aliphatic hydroxyl groups excluding tert-OH is 1. The average molecular weight is 167 g/mol. The minimum atomic E-state index is -1.16. The number of aliphatic carboxylic acids is 1. The van der Waals surface area contributed by atoms with Crippen LogP contribution >= 0.6 is 0 Å². The molecule has 0 aromatic carbocycles. The summed E-state index contributed by atoms with van der Waals surface area (Å²) in [5.41, 5.74) is 0.735. The van der Waals surface area contributed by atoms with Crippen LogP contribution in [0.3, 0.4) is 0 Å². The van der Waals surface area contributed by atoms with Gasteiger partial charge in [0.1, 0.15) is 5.57 Å². The van der Waals surface area contributed by atoms with Crippen molar-refractivity contribution in [1.29, 1.82) is 0 Å². The summed E-state index contributed by atoms with van der Waals surface area (Å²) < 4.78 is 0. The summed E-state index contributed by atoms with van der Waals surface area (Å²) in [6.07, 6.45) is 1.35. The molecule has 12 heavy (non-hydrogen) atoms. The molecule has 4 nitrogen and oxygen atoms in total. The maximum absolute atomic E-state index is 10.5. The molecule has 0 saturated carbocycles. The minimum Gasteiger partial charge on any atom is -0.505 e. The van der Waals surface area contributed by atoms with Gasteiger partial charge >= 0.3 is 5.97 Å². The molecule has 1 aliphatic heterocycles. The lowest BCUT2D eigenvalue weighted by molar-refractivity contribution is -0.132. The van der Waals surface area contributed by atoms with Crippen LogP contribution in [-0.4, -0.2) is 16.2 Å². The van der Waals surface area contributed by atoms with E-state index in [1.807, 2.05) is 0 Å². The first kappa shape index (κ1) is 8.39. The molecule has 0 aliphatic carbocycles. The van der Waals surface area contributed by atoms with Gasteiger partial charge in [-0.25, -0.2) is 4.79 Å². The van der Waals surface area contributed by atoms with Crippen LogP contribution in [0, 0.1) is 0 Å². The van der Waals surface area contributed by atoms with Crippen molar-refractivity contribution in [2.75, 3.05) is 0 Å². The standard InChI is InChI=1S/C8H9NO3/c1-4-3-6(8(11)12)7(10)5(2)9-4/h3,9-10H,2H2,1H3,(H,11,12). The van der Waals surface area contributed by atoms with Crippen LogP contribution in [0.4, 0.5) is 0 Å². The van der Waals surface area contributed by atoms with Gasteiger partial charge in [0.15, 0.2) is 5.76 Å². The zero-order chi connectivity index (χ0) is 9.30. The topological polar surface area (TPSA) is 69.6 Å². The predicted molar refractivity (Wildman–Crippen MR) is 43.3 cm³/mol. The zero-order valence-electron chi connectivity index (χ0n) is 6.59. The number of nitrogens with one attached hydrogen (secondary N) is 1. The summed E-state index contributed by atoms with van der Waals surface area (Å²) in [4.78, 5) is 10.5. The van der Waals surface area contributed by atoms with Gasteiger partial charge in [-0.3, -0.25) is 0 Å². The summed E-state index contributed by atoms with van der Waals surface area (Å²) >= 11 is 0. The van der Waals surface area contributed by atoms with E-state index in [1.54, 1.807) is 6.92 Å². The molecule has 0 atom stereocenters. The normalized spacial score (nSPS) is 17.1. The molecule has 1 rings (SSSR count). The second kappa shape index (κ2) is 2.73. The largest absolute Gasteiger partial charge is 0.505 e. The summed E-state index contributed by atoms with van der Waals surface area (Å²) in [5, 5.41) is 20.5. The Kier molecular flexibility index (Phi) is 1.91. The van der Waals surface area contributed by atoms with Crippen LogP contribution in [-0.2, 0) is 4.79 Å². The molecular formula is C8H9NO3. The summed E-state index contributed by atoms with van der Waals surface area (Å²) in [6, 6.07) is 0. The number of rotatable bonds is 1. The fraction of sp³-hybridized carbons (Fsp3) is 0.125. The number of carbonyl (C=O) groups is 1. The maximum atomic E-state index is 10.5. The lowest BCUT2D eigenvalue weighted by Crippen LogP contribution is -2.20. The van der Waals surface area contributed by atoms with Crippen LogP contribution in [0.1, 0.15) is 6.92 Å². The second-order valence-corrected chi connectivity index (χ2v) is 2.50. The Labute approximate surface area is 69.5 Å². The molecule has 0 saturated heterocycles. The molecule has 3 N–H and O–H groups in total. The first-order valence-electron chi connectivity index (χ1n) is 3.33. The molecule has 64 valence electrons. The molecule has 0 fully saturated rings. The quantitative estimate of drug-likeness (QED) is 0.542. The third-order valence-corrected chi connectivity index (χ3v) is 1.48. The van der Waals surface area contributed by atoms with Crippen molar-refractivity contribution in [3.63, 3.8) is 0 Å². The SMILES string of the molecule is C=C1NC(C)=CC(C(=O)O)=C1O. The summed E-state index contributed by atoms with van der Waals surface area (Å²) in [7, 11) is 0. The number of hydrogen-bond acceptors (Lipinski definition) is 3. The first-order chi connectivity index (χ1) is 5.52. The lowest BCUT2D eigenvalue weighted by Gasteiger charge is -2.15. The van der Waals surface area contributed by atoms with Crippen LogP contribution in [0.15, 0.2) is 35.4 Å². The fourth-order valence-corrected chi connectivity index (χ4v) is 0.944. The van der Waals surface area contributed by atoms with Crippen LogP contribution < -0.4 is 5.32 Å². The van der Waals surface area contributed by atoms with E-state index >= 15 is 0 Å². The number of dihydropyridines is 1. The minimum absolute atomic E-state index is 0.128. The highest BCUT2D eigenvalue weighted by atomic mass is 16.4. The van der Waals surface area contributed by atoms with Gasteiger partial charge in [-0.1, -0.05) is 6.58 Å². The average Bonchev–Trinajstić information content (AvgIpc) is 1.96. The molecule has 0 radical (unpaired) electrons. The molecular weight excluding hydrogens is 158 g/mol. The van der Waals surface area contributed by atoms with Gasteiger partial charge in [-0.05, 0) is 13.0 Å². The molecule has 0 aromatic heterocycles. The number of allylic oxidation sites excluding steroid dienone is 1. The van der Waals surface area contributed by atoms with Crippen LogP contribution in [0.25, 0.3) is 0 Å². The summed E-state index contributed by atoms with van der Waals surface area (Å²) in [5.74, 6) is -1.47. The number of carboxylic acids is 1. The maximum Gasteiger partial charge on any atom is 0.339 e. The monoisotopic (exact) mass is 167 g/mol. The molecule has 1 aliphatic rings. The highest BCUT2D eigenvalue weighted by Gasteiger charge is 2.18. The van der Waals surface area contributed by atoms with Crippen molar-refractivity contribution in [2.45, 2.75) is 6.92 Å². The zero-order valence-corrected chi connectivity index (χ0v) is 6.59. The van der Waals surface area contributed by atoms with Crippen molar-refractivity contribution in [3.8, 4) is 0 Å². The molecule has 0 amide bonds. The van der Waals surface area contributed by atoms with Crippen molar-refractivity contribution >= 4 is 5.97 Å². The Morgan fingerprint density at radius 2 is 2.25 bits per heavy atom. The third kappa shape index (κ3) is 1.32. The Balaban J connectivity index is 3.17. The van der Waals surface area contributed by atoms with Crippen LogP contribution in [0.5, 0.6) is 0 Å². The van der Waals surface area contributed by atoms with E-state index in [1.165, 1.54) is 6.08 Å². The van der Waals surface area contributed by atoms with E-state index < -0.39 is 5.97 Å². The van der Waals surface area contributed by atoms with Crippen molar-refractivity contribution in [2.24, 2.45) is 0 Å². The van der Waals surface area contributed by atoms with Gasteiger partial charge in [0.2, 0.25) is 0 Å². The van der Waals surface area contributed by atoms with Gasteiger partial charge in [-0.15, -0.1) is 0 Å². The van der Waals surface area contributed by atoms with Crippen molar-refractivity contribution in [3.05, 3.63) is 35.4 Å². The first-order valence-corrected chi connectivity index (χ1v) is 3.33. The van der Waals surface area contributed by atoms with Crippen molar-refractivity contribution in [1.82, 2.24) is 5.32 Å². The van der Waals surface area contributed by atoms with E-state index in [9.17, 15) is 9.90 Å². The fourth-order valence-electron chi connectivity index (χ4n) is 0.944. The van der Waals surface area contributed by atoms with Gasteiger partial charge in [0.05, 0.1) is 5.70 Å². The highest BCUT2D eigenvalue weighted by molar-refractivity contribution is 5.91. The van der Waals surface area contributed by atoms with E-state index in [0.29, 0.717) is 5.70 Å². The van der Waals surface area contributed by atoms with E-state index in [0.717, 1.165) is 0 Å². The van der Waals surface area contributed by atoms with Crippen molar-refractivity contribution < 1.29 is 15.0 Å². The molecule has 0 bridgehead atoms. The Morgan fingerprint density at radius 3 is 2.75 bits per heavy atom. The molecule has 1 heterocycles. The Morgan fingerprint density at radius 1 is 1.67 bits per heavy atom. The van der Waals surface area contributed by atoms with Gasteiger partial charge in [0.25, 0.3) is 0 Å². The van der Waals surface area contributed by atoms with E-state index in [-0.39, 0.29) is 17.0 Å². The third-order valence-electron chi connectivity index (χ3n) is 1.48. The van der Waals surface area contributed by atoms with Crippen LogP contribution in [0.2, 0.25) is 0 Å². The molecule has 0 unspecified atom stereocenters. The number of carboxylic acid groups (broad SMARTS) is 1. The summed E-state index contributed by atoms with van der Waals surface area (Å²) in [6.45, 7) is 5.15. The Bertz CT molecular complexity index is 312. The molecule has 4 heteroatoms.